The highest BCUT2D eigenvalue weighted by Crippen LogP contribution is 2.27. The molecule has 1 saturated heterocycles. The van der Waals surface area contributed by atoms with E-state index in [2.05, 4.69) is 23.7 Å². The molecule has 0 radical (unpaired) electrons. The Morgan fingerprint density at radius 2 is 2.28 bits per heavy atom. The lowest BCUT2D eigenvalue weighted by Gasteiger charge is -2.45. The van der Waals surface area contributed by atoms with Crippen LogP contribution in [0, 0.1) is 0 Å². The van der Waals surface area contributed by atoms with Crippen molar-refractivity contribution in [2.45, 2.75) is 38.3 Å². The van der Waals surface area contributed by atoms with E-state index in [4.69, 9.17) is 4.74 Å². The zero-order valence-corrected chi connectivity index (χ0v) is 11.9. The van der Waals surface area contributed by atoms with Crippen LogP contribution >= 0.6 is 11.3 Å². The van der Waals surface area contributed by atoms with Crippen molar-refractivity contribution in [3.05, 3.63) is 16.6 Å². The van der Waals surface area contributed by atoms with Gasteiger partial charge in [0.15, 0.2) is 0 Å². The first-order chi connectivity index (χ1) is 8.66. The van der Waals surface area contributed by atoms with Gasteiger partial charge in [-0.15, -0.1) is 11.3 Å². The molecule has 0 saturated carbocycles. The Kier molecular flexibility index (Phi) is 4.72. The third-order valence-electron chi connectivity index (χ3n) is 4.05. The first-order valence-electron chi connectivity index (χ1n) is 6.55. The van der Waals surface area contributed by atoms with E-state index >= 15 is 0 Å². The van der Waals surface area contributed by atoms with Crippen LogP contribution < -0.4 is 0 Å². The maximum Gasteiger partial charge on any atom is 0.0794 e. The van der Waals surface area contributed by atoms with E-state index in [1.165, 1.54) is 0 Å². The second kappa shape index (κ2) is 6.10. The summed E-state index contributed by atoms with van der Waals surface area (Å²) >= 11 is 1.61. The molecular formula is C13H22N2O2S. The quantitative estimate of drug-likeness (QED) is 0.882. The van der Waals surface area contributed by atoms with Crippen LogP contribution in [-0.2, 0) is 11.2 Å². The molecule has 1 aliphatic heterocycles. The third kappa shape index (κ3) is 2.91. The van der Waals surface area contributed by atoms with E-state index < -0.39 is 0 Å². The fourth-order valence-electron chi connectivity index (χ4n) is 2.50. The SMILES string of the molecule is CCC(C)(C(O)Cc1cncs1)N1CCOCC1. The Labute approximate surface area is 113 Å². The molecule has 0 aliphatic carbocycles. The highest BCUT2D eigenvalue weighted by Gasteiger charge is 2.38. The Balaban J connectivity index is 2.04. The fraction of sp³-hybridized carbons (Fsp3) is 0.769. The number of aliphatic hydroxyl groups excluding tert-OH is 1. The molecular weight excluding hydrogens is 248 g/mol. The molecule has 0 bridgehead atoms. The third-order valence-corrected chi connectivity index (χ3v) is 4.85. The Morgan fingerprint density at radius 3 is 2.83 bits per heavy atom. The van der Waals surface area contributed by atoms with Gasteiger partial charge in [-0.2, -0.15) is 0 Å². The molecule has 1 fully saturated rings. The van der Waals surface area contributed by atoms with Gasteiger partial charge in [0.2, 0.25) is 0 Å². The van der Waals surface area contributed by atoms with Crippen LogP contribution in [0.4, 0.5) is 0 Å². The van der Waals surface area contributed by atoms with Crippen LogP contribution in [0.15, 0.2) is 11.7 Å². The highest BCUT2D eigenvalue weighted by molar-refractivity contribution is 7.09. The zero-order valence-electron chi connectivity index (χ0n) is 11.1. The van der Waals surface area contributed by atoms with Crippen molar-refractivity contribution in [2.75, 3.05) is 26.3 Å². The van der Waals surface area contributed by atoms with Crippen molar-refractivity contribution in [3.8, 4) is 0 Å². The second-order valence-corrected chi connectivity index (χ2v) is 5.97. The number of hydrogen-bond acceptors (Lipinski definition) is 5. The van der Waals surface area contributed by atoms with Gasteiger partial charge in [0.25, 0.3) is 0 Å². The first kappa shape index (κ1) is 13.9. The topological polar surface area (TPSA) is 45.6 Å². The molecule has 1 N–H and O–H groups in total. The van der Waals surface area contributed by atoms with Gasteiger partial charge in [-0.1, -0.05) is 6.92 Å². The summed E-state index contributed by atoms with van der Waals surface area (Å²) in [5.41, 5.74) is 1.65. The van der Waals surface area contributed by atoms with Crippen LogP contribution in [0.3, 0.4) is 0 Å². The van der Waals surface area contributed by atoms with Gasteiger partial charge in [0, 0.05) is 36.1 Å². The molecule has 18 heavy (non-hydrogen) atoms. The largest absolute Gasteiger partial charge is 0.391 e. The molecule has 0 spiro atoms. The van der Waals surface area contributed by atoms with Gasteiger partial charge >= 0.3 is 0 Å². The summed E-state index contributed by atoms with van der Waals surface area (Å²) in [7, 11) is 0. The Bertz CT molecular complexity index is 352. The minimum atomic E-state index is -0.360. The normalized spacial score (nSPS) is 22.6. The van der Waals surface area contributed by atoms with Gasteiger partial charge < -0.3 is 9.84 Å². The molecule has 2 rings (SSSR count). The van der Waals surface area contributed by atoms with Crippen molar-refractivity contribution in [3.63, 3.8) is 0 Å². The zero-order chi connectivity index (χ0) is 13.0. The van der Waals surface area contributed by atoms with Gasteiger partial charge in [0.1, 0.15) is 0 Å². The summed E-state index contributed by atoms with van der Waals surface area (Å²) < 4.78 is 5.39. The number of thiazole rings is 1. The number of hydrogen-bond donors (Lipinski definition) is 1. The molecule has 5 heteroatoms. The van der Waals surface area contributed by atoms with Crippen molar-refractivity contribution in [1.82, 2.24) is 9.88 Å². The lowest BCUT2D eigenvalue weighted by Crippen LogP contribution is -2.58. The highest BCUT2D eigenvalue weighted by atomic mass is 32.1. The van der Waals surface area contributed by atoms with Crippen LogP contribution in [-0.4, -0.2) is 52.9 Å². The second-order valence-electron chi connectivity index (χ2n) is 5.00. The van der Waals surface area contributed by atoms with Gasteiger partial charge in [-0.05, 0) is 13.3 Å². The molecule has 4 nitrogen and oxygen atoms in total. The smallest absolute Gasteiger partial charge is 0.0794 e. The lowest BCUT2D eigenvalue weighted by molar-refractivity contribution is -0.0712. The van der Waals surface area contributed by atoms with Gasteiger partial charge in [0.05, 0.1) is 24.8 Å². The minimum Gasteiger partial charge on any atom is -0.391 e. The number of aliphatic hydroxyl groups is 1. The molecule has 1 aliphatic rings. The van der Waals surface area contributed by atoms with E-state index in [1.807, 2.05) is 11.7 Å². The van der Waals surface area contributed by atoms with E-state index in [0.29, 0.717) is 6.42 Å². The van der Waals surface area contributed by atoms with Crippen molar-refractivity contribution >= 4 is 11.3 Å². The summed E-state index contributed by atoms with van der Waals surface area (Å²) in [6.07, 6.45) is 3.11. The predicted octanol–water partition coefficient (Wildman–Crippen LogP) is 1.55. The summed E-state index contributed by atoms with van der Waals surface area (Å²) in [5.74, 6) is 0. The van der Waals surface area contributed by atoms with E-state index in [9.17, 15) is 5.11 Å². The van der Waals surface area contributed by atoms with Gasteiger partial charge in [-0.3, -0.25) is 9.88 Å². The maximum atomic E-state index is 10.6. The maximum absolute atomic E-state index is 10.6. The molecule has 1 aromatic rings. The average Bonchev–Trinajstić information content (AvgIpc) is 2.91. The predicted molar refractivity (Wildman–Crippen MR) is 72.9 cm³/mol. The number of rotatable bonds is 5. The van der Waals surface area contributed by atoms with Crippen LogP contribution in [0.1, 0.15) is 25.1 Å². The summed E-state index contributed by atoms with van der Waals surface area (Å²) in [4.78, 5) is 7.58. The monoisotopic (exact) mass is 270 g/mol. The summed E-state index contributed by atoms with van der Waals surface area (Å²) in [6.45, 7) is 7.65. The Hall–Kier alpha value is -0.490. The van der Waals surface area contributed by atoms with Crippen molar-refractivity contribution < 1.29 is 9.84 Å². The Morgan fingerprint density at radius 1 is 1.56 bits per heavy atom. The number of nitrogens with zero attached hydrogens (tertiary/aromatic N) is 2. The van der Waals surface area contributed by atoms with Crippen molar-refractivity contribution in [1.29, 1.82) is 0 Å². The summed E-state index contributed by atoms with van der Waals surface area (Å²) in [6, 6.07) is 0. The lowest BCUT2D eigenvalue weighted by atomic mass is 9.87. The van der Waals surface area contributed by atoms with Gasteiger partial charge in [-0.25, -0.2) is 0 Å². The number of ether oxygens (including phenoxy) is 1. The van der Waals surface area contributed by atoms with E-state index in [-0.39, 0.29) is 11.6 Å². The summed E-state index contributed by atoms with van der Waals surface area (Å²) in [5, 5.41) is 10.6. The standard InChI is InChI=1S/C13H22N2O2S/c1-3-13(2,15-4-6-17-7-5-15)12(16)8-11-9-14-10-18-11/h9-10,12,16H,3-8H2,1-2H3. The fourth-order valence-corrected chi connectivity index (χ4v) is 3.13. The molecule has 2 unspecified atom stereocenters. The molecule has 2 atom stereocenters. The van der Waals surface area contributed by atoms with E-state index in [0.717, 1.165) is 37.6 Å². The average molecular weight is 270 g/mol. The van der Waals surface area contributed by atoms with Crippen LogP contribution in [0.2, 0.25) is 0 Å². The molecule has 0 aromatic carbocycles. The molecule has 1 aromatic heterocycles. The number of aromatic nitrogens is 1. The van der Waals surface area contributed by atoms with Crippen LogP contribution in [0.25, 0.3) is 0 Å². The first-order valence-corrected chi connectivity index (χ1v) is 7.43. The minimum absolute atomic E-state index is 0.173. The van der Waals surface area contributed by atoms with E-state index in [1.54, 1.807) is 11.3 Å². The number of morpholine rings is 1. The van der Waals surface area contributed by atoms with Crippen molar-refractivity contribution in [2.24, 2.45) is 0 Å². The molecule has 102 valence electrons. The van der Waals surface area contributed by atoms with Crippen LogP contribution in [0.5, 0.6) is 0 Å². The molecule has 2 heterocycles. The molecule has 0 amide bonds.